The predicted molar refractivity (Wildman–Crippen MR) is 154 cm³/mol. The maximum absolute atomic E-state index is 13.8. The van der Waals surface area contributed by atoms with Crippen LogP contribution in [-0.4, -0.2) is 94.5 Å². The Balaban J connectivity index is 1.38. The van der Waals surface area contributed by atoms with Gasteiger partial charge < -0.3 is 49.8 Å². The third kappa shape index (κ3) is 5.31. The van der Waals surface area contributed by atoms with Crippen LogP contribution in [0.15, 0.2) is 18.2 Å². The molecule has 2 aliphatic carbocycles. The highest BCUT2D eigenvalue weighted by molar-refractivity contribution is 6.31. The highest BCUT2D eigenvalue weighted by Gasteiger charge is 2.50. The monoisotopic (exact) mass is 627 g/mol. The van der Waals surface area contributed by atoms with Crippen LogP contribution < -0.4 is 10.5 Å². The number of phenolic OH excluding ortho intramolecular Hbond substituents is 2. The zero-order valence-electron chi connectivity index (χ0n) is 25.0. The van der Waals surface area contributed by atoms with E-state index >= 15 is 0 Å². The Labute approximate surface area is 258 Å². The topological polar surface area (TPSA) is 204 Å². The van der Waals surface area contributed by atoms with E-state index in [9.17, 15) is 34.8 Å². The van der Waals surface area contributed by atoms with Gasteiger partial charge in [0.2, 0.25) is 5.78 Å². The summed E-state index contributed by atoms with van der Waals surface area (Å²) in [4.78, 5) is 40.2. The van der Waals surface area contributed by atoms with Crippen LogP contribution in [0.1, 0.15) is 88.1 Å². The first-order valence-corrected chi connectivity index (χ1v) is 15.1. The third-order valence-corrected chi connectivity index (χ3v) is 9.22. The molecule has 2 aromatic carbocycles. The molecule has 0 spiro atoms. The van der Waals surface area contributed by atoms with Gasteiger partial charge in [0.15, 0.2) is 24.1 Å². The lowest BCUT2D eigenvalue weighted by molar-refractivity contribution is -0.281. The minimum Gasteiger partial charge on any atom is -0.507 e. The number of aromatic hydroxyl groups is 2. The van der Waals surface area contributed by atoms with Gasteiger partial charge in [0.1, 0.15) is 35.6 Å². The zero-order chi connectivity index (χ0) is 32.2. The van der Waals surface area contributed by atoms with Gasteiger partial charge in [-0.25, -0.2) is 0 Å². The number of benzene rings is 2. The average Bonchev–Trinajstić information content (AvgIpc) is 3.02. The van der Waals surface area contributed by atoms with Crippen molar-refractivity contribution >= 4 is 17.3 Å². The van der Waals surface area contributed by atoms with E-state index in [1.807, 2.05) is 0 Å². The minimum atomic E-state index is -2.24. The van der Waals surface area contributed by atoms with Crippen molar-refractivity contribution in [1.82, 2.24) is 0 Å². The lowest BCUT2D eigenvalue weighted by Gasteiger charge is -2.43. The van der Waals surface area contributed by atoms with Crippen molar-refractivity contribution in [1.29, 1.82) is 0 Å². The Morgan fingerprint density at radius 3 is 2.49 bits per heavy atom. The Morgan fingerprint density at radius 2 is 1.82 bits per heavy atom. The highest BCUT2D eigenvalue weighted by Crippen LogP contribution is 2.52. The summed E-state index contributed by atoms with van der Waals surface area (Å²) >= 11 is 0. The smallest absolute Gasteiger partial charge is 0.202 e. The molecular weight excluding hydrogens is 590 g/mol. The Hall–Kier alpha value is -3.43. The number of hydrogen-bond acceptors (Lipinski definition) is 13. The van der Waals surface area contributed by atoms with E-state index in [0.29, 0.717) is 6.61 Å². The number of carbonyl (C=O) groups is 3. The summed E-state index contributed by atoms with van der Waals surface area (Å²) in [5.41, 5.74) is 2.98. The number of carbonyl (C=O) groups excluding carboxylic acids is 3. The number of rotatable bonds is 7. The fraction of sp³-hybridized carbons (Fsp3) is 0.531. The summed E-state index contributed by atoms with van der Waals surface area (Å²) in [5.74, 6) is -3.67. The van der Waals surface area contributed by atoms with Gasteiger partial charge in [0.05, 0.1) is 36.0 Å². The van der Waals surface area contributed by atoms with Crippen LogP contribution in [0.5, 0.6) is 17.2 Å². The highest BCUT2D eigenvalue weighted by atomic mass is 16.7. The summed E-state index contributed by atoms with van der Waals surface area (Å²) < 4.78 is 29.5. The molecule has 7 atom stereocenters. The van der Waals surface area contributed by atoms with Gasteiger partial charge >= 0.3 is 0 Å². The van der Waals surface area contributed by atoms with Crippen molar-refractivity contribution in [3.8, 4) is 17.2 Å². The second kappa shape index (κ2) is 12.1. The fourth-order valence-electron chi connectivity index (χ4n) is 6.95. The maximum Gasteiger partial charge on any atom is 0.202 e. The quantitative estimate of drug-likeness (QED) is 0.236. The molecule has 13 nitrogen and oxygen atoms in total. The van der Waals surface area contributed by atoms with Crippen LogP contribution in [0.4, 0.5) is 0 Å². The molecule has 45 heavy (non-hydrogen) atoms. The molecule has 13 heteroatoms. The number of ether oxygens (including phenoxy) is 5. The van der Waals surface area contributed by atoms with Crippen molar-refractivity contribution in [2.45, 2.75) is 88.0 Å². The lowest BCUT2D eigenvalue weighted by atomic mass is 9.72. The maximum atomic E-state index is 13.8. The average molecular weight is 628 g/mol. The molecule has 5 unspecified atom stereocenters. The van der Waals surface area contributed by atoms with Gasteiger partial charge in [-0.05, 0) is 32.3 Å². The third-order valence-electron chi connectivity index (χ3n) is 9.22. The van der Waals surface area contributed by atoms with Crippen molar-refractivity contribution in [3.63, 3.8) is 0 Å². The number of methoxy groups -OCH3 is 1. The van der Waals surface area contributed by atoms with E-state index in [0.717, 1.165) is 19.3 Å². The normalized spacial score (nSPS) is 31.1. The Kier molecular flexibility index (Phi) is 8.46. The molecule has 2 aliphatic heterocycles. The number of phenols is 2. The molecule has 2 saturated heterocycles. The lowest BCUT2D eigenvalue weighted by Crippen LogP contribution is -2.55. The van der Waals surface area contributed by atoms with Crippen molar-refractivity contribution < 1.29 is 58.5 Å². The Morgan fingerprint density at radius 1 is 1.07 bits per heavy atom. The molecule has 0 aromatic heterocycles. The van der Waals surface area contributed by atoms with Crippen molar-refractivity contribution in [3.05, 3.63) is 51.6 Å². The fourth-order valence-corrected chi connectivity index (χ4v) is 6.95. The van der Waals surface area contributed by atoms with E-state index in [1.54, 1.807) is 6.92 Å². The van der Waals surface area contributed by atoms with Gasteiger partial charge in [0.25, 0.3) is 0 Å². The second-order valence-electron chi connectivity index (χ2n) is 12.1. The van der Waals surface area contributed by atoms with E-state index in [-0.39, 0.29) is 34.4 Å². The molecule has 0 amide bonds. The van der Waals surface area contributed by atoms with Gasteiger partial charge in [-0.2, -0.15) is 0 Å². The summed E-state index contributed by atoms with van der Waals surface area (Å²) in [6.45, 7) is 1.35. The number of ketones is 3. The molecule has 6 N–H and O–H groups in total. The molecule has 0 radical (unpaired) electrons. The molecule has 0 bridgehead atoms. The summed E-state index contributed by atoms with van der Waals surface area (Å²) in [7, 11) is 1.34. The number of fused-ring (bicyclic) bond motifs is 3. The first-order valence-electron chi connectivity index (χ1n) is 15.1. The first kappa shape index (κ1) is 31.5. The number of Topliss-reactive ketones (excluding diaryl/α,β-unsaturated/α-hetero) is 1. The Bertz CT molecular complexity index is 1520. The van der Waals surface area contributed by atoms with E-state index < -0.39 is 102 Å². The number of hydrogen-bond donors (Lipinski definition) is 5. The molecular formula is C32H37NO12. The van der Waals surface area contributed by atoms with Crippen molar-refractivity contribution in [2.24, 2.45) is 5.73 Å². The number of nitrogens with two attached hydrogens (primary N) is 1. The van der Waals surface area contributed by atoms with Gasteiger partial charge in [-0.3, -0.25) is 14.4 Å². The molecule has 0 saturated carbocycles. The van der Waals surface area contributed by atoms with E-state index in [1.165, 1.54) is 25.3 Å². The molecule has 2 aromatic rings. The van der Waals surface area contributed by atoms with Gasteiger partial charge in [-0.1, -0.05) is 12.1 Å². The molecule has 2 heterocycles. The van der Waals surface area contributed by atoms with Crippen LogP contribution in [0.2, 0.25) is 0 Å². The molecule has 4 aliphatic rings. The standard InChI is InChI=1S/C32H37NO12/c1-14-31(45-21-8-3-4-9-42-21)17(33)10-22(43-14)44-19-12-32(40,20(35)13-34)11-16-24(19)30(39)26-25(28(16)37)27(36)15-6-5-7-18(41-2)23(15)29(26)38/h5-7,14,17,19,21-22,31,34,37,39-40H,3-4,8-13,33H2,1-2H3/t14?,17?,19-,21?,22?,31?,32-/m1/s1. The summed E-state index contributed by atoms with van der Waals surface area (Å²) in [6, 6.07) is 3.86. The second-order valence-corrected chi connectivity index (χ2v) is 12.1. The van der Waals surface area contributed by atoms with Crippen LogP contribution in [0.3, 0.4) is 0 Å². The minimum absolute atomic E-state index is 0.0409. The first-order chi connectivity index (χ1) is 21.5. The SMILES string of the molecule is COc1cccc2c1C(=O)c1c(O)c3c(c(O)c1C2=O)C[C@](O)(C(=O)CO)C[C@H]3OC1CC(N)C(OC2CCCCO2)C(C)O1. The zero-order valence-corrected chi connectivity index (χ0v) is 25.0. The van der Waals surface area contributed by atoms with Gasteiger partial charge in [-0.15, -0.1) is 0 Å². The summed E-state index contributed by atoms with van der Waals surface area (Å²) in [5, 5.41) is 44.2. The number of aliphatic hydroxyl groups is 2. The van der Waals surface area contributed by atoms with Crippen molar-refractivity contribution in [2.75, 3.05) is 20.3 Å². The van der Waals surface area contributed by atoms with Crippen LogP contribution >= 0.6 is 0 Å². The molecule has 6 rings (SSSR count). The van der Waals surface area contributed by atoms with E-state index in [2.05, 4.69) is 0 Å². The predicted octanol–water partition coefficient (Wildman–Crippen LogP) is 1.55. The summed E-state index contributed by atoms with van der Waals surface area (Å²) in [6.07, 6.45) is -2.03. The largest absolute Gasteiger partial charge is 0.507 e. The molecule has 2 fully saturated rings. The van der Waals surface area contributed by atoms with E-state index in [4.69, 9.17) is 29.4 Å². The molecule has 242 valence electrons. The van der Waals surface area contributed by atoms with Crippen LogP contribution in [0.25, 0.3) is 0 Å². The number of aliphatic hydroxyl groups excluding tert-OH is 1. The van der Waals surface area contributed by atoms with Crippen LogP contribution in [0, 0.1) is 0 Å². The van der Waals surface area contributed by atoms with Gasteiger partial charge in [0, 0.05) is 48.6 Å². The van der Waals surface area contributed by atoms with Crippen LogP contribution in [-0.2, 0) is 30.2 Å².